The summed E-state index contributed by atoms with van der Waals surface area (Å²) in [6, 6.07) is 3.49. The van der Waals surface area contributed by atoms with E-state index in [1.165, 1.54) is 12.3 Å². The van der Waals surface area contributed by atoms with Crippen LogP contribution in [-0.2, 0) is 0 Å². The van der Waals surface area contributed by atoms with Crippen molar-refractivity contribution in [3.63, 3.8) is 0 Å². The van der Waals surface area contributed by atoms with Gasteiger partial charge in [0.1, 0.15) is 33.4 Å². The SMILES string of the molecule is Nc1sc(-c2c(F)cccc2F)nc1C(=O)Nc1cnsc1O[C@H]1CCNC1. The molecule has 0 radical (unpaired) electrons. The molecular formula is C17H15F2N5O2S2. The van der Waals surface area contributed by atoms with E-state index in [2.05, 4.69) is 20.0 Å². The summed E-state index contributed by atoms with van der Waals surface area (Å²) in [5, 5.41) is 6.38. The minimum Gasteiger partial charge on any atom is -0.477 e. The number of nitrogens with two attached hydrogens (primary N) is 1. The fourth-order valence-electron chi connectivity index (χ4n) is 2.76. The maximum Gasteiger partial charge on any atom is 0.277 e. The summed E-state index contributed by atoms with van der Waals surface area (Å²) in [6.45, 7) is 1.60. The van der Waals surface area contributed by atoms with E-state index in [4.69, 9.17) is 10.5 Å². The quantitative estimate of drug-likeness (QED) is 0.583. The molecule has 2 aromatic heterocycles. The van der Waals surface area contributed by atoms with Gasteiger partial charge >= 0.3 is 0 Å². The number of anilines is 2. The number of carbonyl (C=O) groups is 1. The third kappa shape index (κ3) is 3.68. The van der Waals surface area contributed by atoms with E-state index in [0.29, 0.717) is 10.8 Å². The van der Waals surface area contributed by atoms with Gasteiger partial charge in [-0.25, -0.2) is 13.8 Å². The Hall–Kier alpha value is -2.63. The lowest BCUT2D eigenvalue weighted by Gasteiger charge is -2.11. The van der Waals surface area contributed by atoms with Gasteiger partial charge in [0.25, 0.3) is 5.91 Å². The summed E-state index contributed by atoms with van der Waals surface area (Å²) in [5.41, 5.74) is 5.85. The number of carbonyl (C=O) groups excluding carboxylic acids is 1. The number of thiazole rings is 1. The number of halogens is 2. The normalized spacial score (nSPS) is 16.3. The van der Waals surface area contributed by atoms with Crippen molar-refractivity contribution in [3.8, 4) is 15.6 Å². The van der Waals surface area contributed by atoms with Gasteiger partial charge in [0.05, 0.1) is 11.8 Å². The van der Waals surface area contributed by atoms with Crippen LogP contribution in [0.3, 0.4) is 0 Å². The van der Waals surface area contributed by atoms with Crippen LogP contribution in [0.1, 0.15) is 16.9 Å². The van der Waals surface area contributed by atoms with Crippen molar-refractivity contribution in [2.45, 2.75) is 12.5 Å². The molecule has 3 aromatic rings. The van der Waals surface area contributed by atoms with Gasteiger partial charge < -0.3 is 21.1 Å². The first kappa shape index (κ1) is 18.7. The number of rotatable bonds is 5. The number of nitrogens with one attached hydrogen (secondary N) is 2. The Bertz CT molecular complexity index is 997. The van der Waals surface area contributed by atoms with E-state index in [0.717, 1.165) is 54.5 Å². The van der Waals surface area contributed by atoms with Gasteiger partial charge in [-0.05, 0) is 25.1 Å². The predicted octanol–water partition coefficient (Wildman–Crippen LogP) is 3.12. The van der Waals surface area contributed by atoms with Gasteiger partial charge in [0.2, 0.25) is 5.06 Å². The van der Waals surface area contributed by atoms with E-state index in [9.17, 15) is 13.6 Å². The van der Waals surface area contributed by atoms with E-state index >= 15 is 0 Å². The number of nitrogens with zero attached hydrogens (tertiary/aromatic N) is 2. The minimum absolute atomic E-state index is 0.00445. The van der Waals surface area contributed by atoms with E-state index in [1.807, 2.05) is 0 Å². The first-order valence-electron chi connectivity index (χ1n) is 8.37. The second-order valence-corrected chi connectivity index (χ2v) is 7.84. The molecule has 0 saturated carbocycles. The zero-order chi connectivity index (χ0) is 19.7. The molecule has 28 heavy (non-hydrogen) atoms. The largest absolute Gasteiger partial charge is 0.477 e. The molecule has 146 valence electrons. The van der Waals surface area contributed by atoms with Gasteiger partial charge in [0.15, 0.2) is 5.69 Å². The smallest absolute Gasteiger partial charge is 0.277 e. The Kier molecular flexibility index (Phi) is 5.20. The molecule has 0 aliphatic carbocycles. The van der Waals surface area contributed by atoms with Crippen LogP contribution in [0.15, 0.2) is 24.4 Å². The summed E-state index contributed by atoms with van der Waals surface area (Å²) in [4.78, 5) is 16.7. The molecule has 1 aliphatic rings. The van der Waals surface area contributed by atoms with Crippen LogP contribution in [0.5, 0.6) is 5.06 Å². The lowest BCUT2D eigenvalue weighted by Crippen LogP contribution is -2.20. The van der Waals surface area contributed by atoms with Gasteiger partial charge in [0, 0.05) is 18.1 Å². The first-order chi connectivity index (χ1) is 13.5. The monoisotopic (exact) mass is 423 g/mol. The van der Waals surface area contributed by atoms with E-state index < -0.39 is 17.5 Å². The standard InChI is InChI=1S/C17H15F2N5O2S2/c18-9-2-1-3-10(19)12(9)16-24-13(14(20)27-16)15(25)23-11-7-22-28-17(11)26-8-4-5-21-6-8/h1-3,7-8,21H,4-6,20H2,(H,23,25)/t8-/m0/s1. The van der Waals surface area contributed by atoms with Gasteiger partial charge in [-0.3, -0.25) is 4.79 Å². The number of hydrogen-bond acceptors (Lipinski definition) is 8. The van der Waals surface area contributed by atoms with Crippen LogP contribution in [0.2, 0.25) is 0 Å². The van der Waals surface area contributed by atoms with E-state index in [-0.39, 0.29) is 27.4 Å². The van der Waals surface area contributed by atoms with Crippen LogP contribution in [0.25, 0.3) is 10.6 Å². The molecule has 7 nitrogen and oxygen atoms in total. The van der Waals surface area contributed by atoms with Crippen molar-refractivity contribution in [1.82, 2.24) is 14.7 Å². The zero-order valence-corrected chi connectivity index (χ0v) is 16.0. The maximum atomic E-state index is 14.0. The molecule has 0 unspecified atom stereocenters. The molecule has 1 fully saturated rings. The molecule has 1 saturated heterocycles. The highest BCUT2D eigenvalue weighted by Gasteiger charge is 2.24. The van der Waals surface area contributed by atoms with Crippen LogP contribution in [0.4, 0.5) is 19.5 Å². The van der Waals surface area contributed by atoms with Crippen molar-refractivity contribution < 1.29 is 18.3 Å². The van der Waals surface area contributed by atoms with Crippen molar-refractivity contribution in [1.29, 1.82) is 0 Å². The Balaban J connectivity index is 1.55. The minimum atomic E-state index is -0.774. The highest BCUT2D eigenvalue weighted by atomic mass is 32.1. The Morgan fingerprint density at radius 1 is 1.36 bits per heavy atom. The predicted molar refractivity (Wildman–Crippen MR) is 104 cm³/mol. The second-order valence-electron chi connectivity index (χ2n) is 6.04. The van der Waals surface area contributed by atoms with Crippen LogP contribution in [0, 0.1) is 11.6 Å². The van der Waals surface area contributed by atoms with Crippen molar-refractivity contribution in [3.05, 3.63) is 41.7 Å². The Labute approximate surface area is 166 Å². The maximum absolute atomic E-state index is 14.0. The Morgan fingerprint density at radius 3 is 2.86 bits per heavy atom. The Morgan fingerprint density at radius 2 is 2.14 bits per heavy atom. The van der Waals surface area contributed by atoms with Crippen molar-refractivity contribution >= 4 is 39.5 Å². The first-order valence-corrected chi connectivity index (χ1v) is 9.96. The summed E-state index contributed by atoms with van der Waals surface area (Å²) >= 11 is 1.96. The van der Waals surface area contributed by atoms with Crippen LogP contribution < -0.4 is 21.1 Å². The number of nitrogen functional groups attached to an aromatic ring is 1. The number of ether oxygens (including phenoxy) is 1. The molecule has 0 spiro atoms. The molecule has 1 aliphatic heterocycles. The molecule has 0 bridgehead atoms. The number of benzene rings is 1. The molecular weight excluding hydrogens is 408 g/mol. The number of aromatic nitrogens is 2. The topological polar surface area (TPSA) is 102 Å². The van der Waals surface area contributed by atoms with Crippen LogP contribution >= 0.6 is 22.9 Å². The van der Waals surface area contributed by atoms with Crippen molar-refractivity contribution in [2.24, 2.45) is 0 Å². The highest BCUT2D eigenvalue weighted by molar-refractivity contribution is 7.19. The van der Waals surface area contributed by atoms with Gasteiger partial charge in [-0.1, -0.05) is 17.4 Å². The lowest BCUT2D eigenvalue weighted by atomic mass is 10.2. The fraction of sp³-hybridized carbons (Fsp3) is 0.235. The summed E-state index contributed by atoms with van der Waals surface area (Å²) in [6.07, 6.45) is 2.35. The molecule has 1 atom stereocenters. The fourth-order valence-corrected chi connectivity index (χ4v) is 4.27. The van der Waals surface area contributed by atoms with E-state index in [1.54, 1.807) is 0 Å². The number of hydrogen-bond donors (Lipinski definition) is 3. The van der Waals surface area contributed by atoms with Gasteiger partial charge in [-0.2, -0.15) is 4.37 Å². The van der Waals surface area contributed by atoms with Gasteiger partial charge in [-0.15, -0.1) is 0 Å². The highest BCUT2D eigenvalue weighted by Crippen LogP contribution is 2.35. The lowest BCUT2D eigenvalue weighted by molar-refractivity contribution is 0.102. The molecule has 3 heterocycles. The summed E-state index contributed by atoms with van der Waals surface area (Å²) < 4.78 is 37.9. The summed E-state index contributed by atoms with van der Waals surface area (Å²) in [5.74, 6) is -2.15. The third-order valence-electron chi connectivity index (χ3n) is 4.12. The van der Waals surface area contributed by atoms with Crippen molar-refractivity contribution in [2.75, 3.05) is 24.1 Å². The van der Waals surface area contributed by atoms with Crippen LogP contribution in [-0.4, -0.2) is 34.5 Å². The third-order valence-corrected chi connectivity index (χ3v) is 5.71. The second kappa shape index (κ2) is 7.78. The molecule has 4 rings (SSSR count). The summed E-state index contributed by atoms with van der Waals surface area (Å²) in [7, 11) is 0. The zero-order valence-electron chi connectivity index (χ0n) is 14.4. The molecule has 1 amide bonds. The molecule has 1 aromatic carbocycles. The molecule has 4 N–H and O–H groups in total. The molecule has 11 heteroatoms. The number of amides is 1. The average Bonchev–Trinajstić information content (AvgIpc) is 3.38. The average molecular weight is 423 g/mol.